The van der Waals surface area contributed by atoms with Gasteiger partial charge in [0, 0.05) is 17.0 Å². The molecule has 15 heteroatoms. The Bertz CT molecular complexity index is 1800. The third-order valence-electron chi connectivity index (χ3n) is 14.5. The van der Waals surface area contributed by atoms with Crippen molar-refractivity contribution in [2.75, 3.05) is 6.61 Å². The molecule has 0 aliphatic carbocycles. The van der Waals surface area contributed by atoms with Crippen molar-refractivity contribution in [2.45, 2.75) is 281 Å². The molecule has 1 heterocycles. The largest absolute Gasteiger partial charge is 0.462 e. The number of carbonyl (C=O) groups is 3. The molecule has 428 valence electrons. The summed E-state index contributed by atoms with van der Waals surface area (Å²) < 4.78 is 71.5. The SMILES string of the molecule is CCCCCCCCCCCCCC(=O)O[C@H](CCCCCCCCCCC)CC(=O)O[C@H]1[C@H](OP(=O)(c2ccccc2)c2ccccc2)[C@@H](CO)OC(O)[C@@H]1NC(=O)C(F)(F)C(O)CCCCCCCCCCC. The Labute approximate surface area is 450 Å². The summed E-state index contributed by atoms with van der Waals surface area (Å²) in [6.45, 7) is 5.67. The zero-order valence-corrected chi connectivity index (χ0v) is 47.1. The number of aliphatic hydroxyl groups excluding tert-OH is 3. The number of hydrogen-bond acceptors (Lipinski definition) is 11. The molecule has 0 radical (unpaired) electrons. The Morgan fingerprint density at radius 1 is 0.613 bits per heavy atom. The molecule has 1 saturated heterocycles. The summed E-state index contributed by atoms with van der Waals surface area (Å²) in [7, 11) is -4.22. The fourth-order valence-electron chi connectivity index (χ4n) is 9.86. The van der Waals surface area contributed by atoms with Crippen molar-refractivity contribution in [2.24, 2.45) is 0 Å². The first-order chi connectivity index (χ1) is 36.3. The Hall–Kier alpha value is -3.26. The molecule has 2 unspecified atom stereocenters. The number of carbonyl (C=O) groups excluding carboxylic acids is 3. The lowest BCUT2D eigenvalue weighted by Crippen LogP contribution is -2.67. The first-order valence-electron chi connectivity index (χ1n) is 29.4. The minimum absolute atomic E-state index is 0.169. The number of nitrogens with one attached hydrogen (secondary N) is 1. The third kappa shape index (κ3) is 25.4. The van der Waals surface area contributed by atoms with Crippen molar-refractivity contribution in [1.29, 1.82) is 0 Å². The lowest BCUT2D eigenvalue weighted by molar-refractivity contribution is -0.255. The number of aliphatic hydroxyl groups is 3. The second-order valence-electron chi connectivity index (χ2n) is 21.0. The van der Waals surface area contributed by atoms with Gasteiger partial charge in [0.25, 0.3) is 13.3 Å². The van der Waals surface area contributed by atoms with Crippen molar-refractivity contribution in [1.82, 2.24) is 5.32 Å². The van der Waals surface area contributed by atoms with Gasteiger partial charge in [-0.1, -0.05) is 231 Å². The summed E-state index contributed by atoms with van der Waals surface area (Å²) >= 11 is 0. The molecule has 7 atom stereocenters. The van der Waals surface area contributed by atoms with E-state index in [1.54, 1.807) is 60.7 Å². The van der Waals surface area contributed by atoms with Crippen LogP contribution in [0.25, 0.3) is 0 Å². The van der Waals surface area contributed by atoms with E-state index in [2.05, 4.69) is 26.1 Å². The highest BCUT2D eigenvalue weighted by Crippen LogP contribution is 2.48. The second-order valence-corrected chi connectivity index (χ2v) is 23.3. The summed E-state index contributed by atoms with van der Waals surface area (Å²) in [5.41, 5.74) is 0. The quantitative estimate of drug-likeness (QED) is 0.0282. The highest BCUT2D eigenvalue weighted by molar-refractivity contribution is 7.74. The Kier molecular flexibility index (Phi) is 34.5. The normalized spacial score (nSPS) is 18.9. The zero-order chi connectivity index (χ0) is 54.6. The predicted molar refractivity (Wildman–Crippen MR) is 295 cm³/mol. The Balaban J connectivity index is 1.86. The average Bonchev–Trinajstić information content (AvgIpc) is 3.41. The maximum atomic E-state index is 15.9. The van der Waals surface area contributed by atoms with Crippen LogP contribution in [0, 0.1) is 0 Å². The Morgan fingerprint density at radius 3 is 1.47 bits per heavy atom. The highest BCUT2D eigenvalue weighted by atomic mass is 31.2. The molecule has 2 aromatic carbocycles. The van der Waals surface area contributed by atoms with Crippen LogP contribution in [-0.2, 0) is 37.7 Å². The van der Waals surface area contributed by atoms with E-state index in [-0.39, 0.29) is 29.9 Å². The van der Waals surface area contributed by atoms with Gasteiger partial charge >= 0.3 is 17.9 Å². The zero-order valence-electron chi connectivity index (χ0n) is 46.2. The lowest BCUT2D eigenvalue weighted by Gasteiger charge is -2.45. The van der Waals surface area contributed by atoms with Crippen molar-refractivity contribution in [3.05, 3.63) is 60.7 Å². The predicted octanol–water partition coefficient (Wildman–Crippen LogP) is 13.2. The molecule has 3 rings (SSSR count). The van der Waals surface area contributed by atoms with E-state index in [1.165, 1.54) is 77.0 Å². The van der Waals surface area contributed by atoms with Gasteiger partial charge < -0.3 is 39.4 Å². The Morgan fingerprint density at radius 2 is 1.03 bits per heavy atom. The van der Waals surface area contributed by atoms with Crippen molar-refractivity contribution in [3.63, 3.8) is 0 Å². The number of amides is 1. The fourth-order valence-corrected chi connectivity index (χ4v) is 12.1. The van der Waals surface area contributed by atoms with Crippen LogP contribution in [-0.4, -0.2) is 88.5 Å². The molecule has 12 nitrogen and oxygen atoms in total. The number of alkyl halides is 2. The fraction of sp³-hybridized carbons (Fsp3) is 0.750. The van der Waals surface area contributed by atoms with Gasteiger partial charge in [0.2, 0.25) is 0 Å². The molecule has 1 amide bonds. The van der Waals surface area contributed by atoms with Crippen molar-refractivity contribution < 1.29 is 61.8 Å². The van der Waals surface area contributed by atoms with Gasteiger partial charge in [-0.2, -0.15) is 8.78 Å². The number of rotatable bonds is 44. The molecule has 0 spiro atoms. The molecule has 0 saturated carbocycles. The molecular formula is C60H98F2NO11P. The third-order valence-corrected chi connectivity index (χ3v) is 17.0. The molecular weight excluding hydrogens is 980 g/mol. The van der Waals surface area contributed by atoms with Crippen LogP contribution >= 0.6 is 7.37 Å². The van der Waals surface area contributed by atoms with Gasteiger partial charge in [-0.15, -0.1) is 0 Å². The number of ether oxygens (including phenoxy) is 3. The molecule has 0 aromatic heterocycles. The molecule has 1 fully saturated rings. The number of halogens is 2. The molecule has 2 aromatic rings. The van der Waals surface area contributed by atoms with E-state index in [0.717, 1.165) is 83.5 Å². The van der Waals surface area contributed by atoms with Gasteiger partial charge in [0.05, 0.1) is 13.0 Å². The summed E-state index contributed by atoms with van der Waals surface area (Å²) in [5, 5.41) is 35.4. The summed E-state index contributed by atoms with van der Waals surface area (Å²) in [4.78, 5) is 41.4. The van der Waals surface area contributed by atoms with Gasteiger partial charge in [-0.3, -0.25) is 18.9 Å². The van der Waals surface area contributed by atoms with Crippen molar-refractivity contribution in [3.8, 4) is 0 Å². The van der Waals surface area contributed by atoms with Crippen LogP contribution in [0.15, 0.2) is 60.7 Å². The van der Waals surface area contributed by atoms with E-state index in [1.807, 2.05) is 0 Å². The van der Waals surface area contributed by atoms with E-state index in [4.69, 9.17) is 18.7 Å². The van der Waals surface area contributed by atoms with E-state index in [9.17, 15) is 29.7 Å². The summed E-state index contributed by atoms with van der Waals surface area (Å²) in [6, 6.07) is 14.3. The molecule has 75 heavy (non-hydrogen) atoms. The van der Waals surface area contributed by atoms with Gasteiger partial charge in [-0.25, -0.2) is 0 Å². The summed E-state index contributed by atoms with van der Waals surface area (Å²) in [5.74, 6) is -7.75. The smallest absolute Gasteiger partial charge is 0.349 e. The maximum absolute atomic E-state index is 15.9. The highest BCUT2D eigenvalue weighted by Gasteiger charge is 2.55. The number of benzene rings is 2. The molecule has 1 aliphatic rings. The number of unbranched alkanes of at least 4 members (excludes halogenated alkanes) is 26. The van der Waals surface area contributed by atoms with Gasteiger partial charge in [0.15, 0.2) is 12.4 Å². The first kappa shape index (κ1) is 66.0. The average molecular weight is 1080 g/mol. The van der Waals surface area contributed by atoms with Crippen molar-refractivity contribution >= 4 is 35.8 Å². The monoisotopic (exact) mass is 1080 g/mol. The van der Waals surface area contributed by atoms with Crippen LogP contribution in [0.2, 0.25) is 0 Å². The molecule has 0 bridgehead atoms. The standard InChI is InChI=1S/C60H98F2NO11P/c1-4-7-10-13-16-19-20-23-26-29-38-45-53(66)71-48(39-32-27-24-21-17-14-11-8-5-2)46-54(67)73-57-55(63-59(69)60(61,62)52(65)44-37-28-25-22-18-15-12-9-6-3)58(68)72-51(47-64)56(57)74-75(70,49-40-33-30-34-41-49)50-42-35-31-36-43-50/h30-31,33-36,40-43,48,51-52,55-58,64-65,68H,4-29,32,37-39,44-47H2,1-3H3,(H,63,69)/t48-,51-,52?,55-,56-,57-,58?/m1/s1. The van der Waals surface area contributed by atoms with Crippen LogP contribution in [0.3, 0.4) is 0 Å². The van der Waals surface area contributed by atoms with Crippen LogP contribution in [0.4, 0.5) is 8.78 Å². The number of esters is 2. The molecule has 4 N–H and O–H groups in total. The van der Waals surface area contributed by atoms with E-state index < -0.39 is 87.0 Å². The first-order valence-corrected chi connectivity index (χ1v) is 31.0. The lowest BCUT2D eigenvalue weighted by atomic mass is 9.95. The summed E-state index contributed by atoms with van der Waals surface area (Å²) in [6.07, 6.45) is 19.0. The van der Waals surface area contributed by atoms with E-state index >= 15 is 13.3 Å². The topological polar surface area (TPSA) is 178 Å². The maximum Gasteiger partial charge on any atom is 0.349 e. The van der Waals surface area contributed by atoms with E-state index in [0.29, 0.717) is 25.7 Å². The van der Waals surface area contributed by atoms with Crippen LogP contribution < -0.4 is 15.9 Å². The minimum atomic E-state index is -4.36. The molecule has 1 aliphatic heterocycles. The van der Waals surface area contributed by atoms with Crippen LogP contribution in [0.1, 0.15) is 233 Å². The van der Waals surface area contributed by atoms with Crippen LogP contribution in [0.5, 0.6) is 0 Å². The van der Waals surface area contributed by atoms with Gasteiger partial charge in [0.1, 0.15) is 30.5 Å². The number of hydrogen-bond donors (Lipinski definition) is 4. The second kappa shape index (κ2) is 39.2. The minimum Gasteiger partial charge on any atom is -0.462 e. The van der Waals surface area contributed by atoms with Gasteiger partial charge in [-0.05, 0) is 49.9 Å².